The summed E-state index contributed by atoms with van der Waals surface area (Å²) in [5.41, 5.74) is 1.44. The largest absolute Gasteiger partial charge is 0.389 e. The molecule has 0 aromatic heterocycles. The van der Waals surface area contributed by atoms with E-state index in [1.807, 2.05) is 6.08 Å². The number of hydrogen-bond acceptors (Lipinski definition) is 3. The lowest BCUT2D eigenvalue weighted by Crippen LogP contribution is -2.60. The highest BCUT2D eigenvalue weighted by Gasteiger charge is 2.65. The van der Waals surface area contributed by atoms with Gasteiger partial charge in [0.05, 0.1) is 0 Å². The molecule has 0 spiro atoms. The van der Waals surface area contributed by atoms with Gasteiger partial charge in [0, 0.05) is 22.1 Å². The summed E-state index contributed by atoms with van der Waals surface area (Å²) in [6, 6.07) is 0. The van der Waals surface area contributed by atoms with Gasteiger partial charge in [-0.3, -0.25) is 9.59 Å². The van der Waals surface area contributed by atoms with E-state index in [0.29, 0.717) is 18.3 Å². The Balaban J connectivity index is 1.71. The maximum Gasteiger partial charge on any atom is 0.161 e. The van der Waals surface area contributed by atoms with Gasteiger partial charge in [-0.25, -0.2) is 0 Å². The molecule has 0 bridgehead atoms. The highest BCUT2D eigenvalue weighted by Crippen LogP contribution is 2.70. The summed E-state index contributed by atoms with van der Waals surface area (Å²) in [6.07, 6.45) is 9.79. The lowest BCUT2D eigenvalue weighted by atomic mass is 9.46. The average Bonchev–Trinajstić information content (AvgIpc) is 2.93. The summed E-state index contributed by atoms with van der Waals surface area (Å²) in [5.74, 6) is 1.45. The van der Waals surface area contributed by atoms with Crippen LogP contribution in [0.25, 0.3) is 0 Å². The molecular formula is C21H29BrO3. The minimum Gasteiger partial charge on any atom is -0.389 e. The minimum atomic E-state index is -0.316. The third-order valence-electron chi connectivity index (χ3n) is 8.61. The van der Waals surface area contributed by atoms with E-state index in [2.05, 4.69) is 29.8 Å². The molecule has 25 heavy (non-hydrogen) atoms. The maximum atomic E-state index is 12.3. The van der Waals surface area contributed by atoms with E-state index in [4.69, 9.17) is 0 Å². The van der Waals surface area contributed by atoms with Crippen LogP contribution in [0.15, 0.2) is 11.6 Å². The zero-order valence-electron chi connectivity index (χ0n) is 15.3. The second kappa shape index (κ2) is 5.76. The molecule has 3 fully saturated rings. The van der Waals surface area contributed by atoms with Crippen molar-refractivity contribution in [2.75, 3.05) is 6.61 Å². The monoisotopic (exact) mass is 408 g/mol. The number of carbonyl (C=O) groups is 2. The molecule has 138 valence electrons. The van der Waals surface area contributed by atoms with Crippen molar-refractivity contribution in [2.45, 2.75) is 69.5 Å². The van der Waals surface area contributed by atoms with Crippen molar-refractivity contribution in [3.8, 4) is 0 Å². The van der Waals surface area contributed by atoms with E-state index >= 15 is 0 Å². The molecule has 4 aliphatic rings. The van der Waals surface area contributed by atoms with E-state index in [1.54, 1.807) is 0 Å². The van der Waals surface area contributed by atoms with Gasteiger partial charge in [0.2, 0.25) is 0 Å². The van der Waals surface area contributed by atoms with E-state index < -0.39 is 0 Å². The molecule has 4 aliphatic carbocycles. The van der Waals surface area contributed by atoms with Crippen LogP contribution in [0.3, 0.4) is 0 Å². The molecule has 1 N–H and O–H groups in total. The summed E-state index contributed by atoms with van der Waals surface area (Å²) >= 11 is 4.24. The van der Waals surface area contributed by atoms with Crippen LogP contribution in [0.4, 0.5) is 0 Å². The van der Waals surface area contributed by atoms with Crippen LogP contribution in [0, 0.1) is 28.6 Å². The molecule has 4 heteroatoms. The third kappa shape index (κ3) is 2.25. The Labute approximate surface area is 158 Å². The van der Waals surface area contributed by atoms with E-state index in [0.717, 1.165) is 44.9 Å². The molecule has 0 saturated heterocycles. The number of fused-ring (bicyclic) bond motifs is 5. The van der Waals surface area contributed by atoms with Crippen LogP contribution >= 0.6 is 15.9 Å². The Bertz CT molecular complexity index is 656. The number of Topliss-reactive ketones (excluding diaryl/α,β-unsaturated/α-hetero) is 1. The second-order valence-corrected chi connectivity index (χ2v) is 10.8. The number of halogens is 1. The number of aliphatic hydroxyl groups excluding tert-OH is 1. The van der Waals surface area contributed by atoms with Crippen molar-refractivity contribution in [3.63, 3.8) is 0 Å². The maximum absolute atomic E-state index is 12.3. The second-order valence-electron chi connectivity index (χ2n) is 9.34. The van der Waals surface area contributed by atoms with Crippen LogP contribution in [0.2, 0.25) is 0 Å². The molecule has 0 radical (unpaired) electrons. The van der Waals surface area contributed by atoms with Crippen LogP contribution in [0.5, 0.6) is 0 Å². The number of alkyl halides is 1. The number of allylic oxidation sites excluding steroid dienone is 1. The molecule has 0 heterocycles. The van der Waals surface area contributed by atoms with Crippen molar-refractivity contribution in [3.05, 3.63) is 11.6 Å². The fourth-order valence-corrected chi connectivity index (χ4v) is 8.29. The molecular weight excluding hydrogens is 380 g/mol. The molecule has 4 rings (SSSR count). The lowest BCUT2D eigenvalue weighted by molar-refractivity contribution is -0.132. The quantitative estimate of drug-likeness (QED) is 0.695. The molecule has 0 aliphatic heterocycles. The van der Waals surface area contributed by atoms with Gasteiger partial charge in [-0.15, -0.1) is 0 Å². The SMILES string of the molecule is C[C@]12CC[C@@]3(Br)[C@@H](CCC4=CC(=O)CC[C@@]43C)[C@@H]1CC[C@H]2C(=O)CO. The first-order chi connectivity index (χ1) is 11.8. The van der Waals surface area contributed by atoms with Gasteiger partial charge in [-0.05, 0) is 68.3 Å². The van der Waals surface area contributed by atoms with Gasteiger partial charge in [0.15, 0.2) is 11.6 Å². The summed E-state index contributed by atoms with van der Waals surface area (Å²) in [7, 11) is 0. The molecule has 0 unspecified atom stereocenters. The first-order valence-corrected chi connectivity index (χ1v) is 10.6. The van der Waals surface area contributed by atoms with E-state index in [1.165, 1.54) is 5.57 Å². The Morgan fingerprint density at radius 1 is 1.16 bits per heavy atom. The third-order valence-corrected chi connectivity index (χ3v) is 10.5. The summed E-state index contributed by atoms with van der Waals surface area (Å²) in [6.45, 7) is 4.34. The van der Waals surface area contributed by atoms with Crippen molar-refractivity contribution in [1.82, 2.24) is 0 Å². The molecule has 3 nitrogen and oxygen atoms in total. The van der Waals surface area contributed by atoms with Gasteiger partial charge in [0.25, 0.3) is 0 Å². The fourth-order valence-electron chi connectivity index (χ4n) is 7.09. The number of hydrogen-bond donors (Lipinski definition) is 1. The topological polar surface area (TPSA) is 54.4 Å². The predicted octanol–water partition coefficient (Wildman–Crippen LogP) is 4.21. The number of rotatable bonds is 2. The van der Waals surface area contributed by atoms with Crippen LogP contribution in [-0.4, -0.2) is 27.6 Å². The molecule has 3 saturated carbocycles. The molecule has 0 aromatic carbocycles. The summed E-state index contributed by atoms with van der Waals surface area (Å²) < 4.78 is 0.0477. The van der Waals surface area contributed by atoms with Crippen LogP contribution in [-0.2, 0) is 9.59 Å². The highest BCUT2D eigenvalue weighted by molar-refractivity contribution is 9.10. The Hall–Kier alpha value is -0.480. The van der Waals surface area contributed by atoms with Gasteiger partial charge in [-0.1, -0.05) is 35.4 Å². The van der Waals surface area contributed by atoms with Crippen molar-refractivity contribution >= 4 is 27.5 Å². The Morgan fingerprint density at radius 3 is 2.64 bits per heavy atom. The number of ketones is 2. The van der Waals surface area contributed by atoms with Gasteiger partial charge in [0.1, 0.15) is 6.61 Å². The predicted molar refractivity (Wildman–Crippen MR) is 100 cm³/mol. The van der Waals surface area contributed by atoms with Crippen LogP contribution in [0.1, 0.15) is 65.2 Å². The van der Waals surface area contributed by atoms with Crippen LogP contribution < -0.4 is 0 Å². The molecule has 0 aromatic rings. The van der Waals surface area contributed by atoms with Crippen molar-refractivity contribution in [2.24, 2.45) is 28.6 Å². The average molecular weight is 409 g/mol. The normalized spacial score (nSPS) is 49.0. The smallest absolute Gasteiger partial charge is 0.161 e. The van der Waals surface area contributed by atoms with Crippen molar-refractivity contribution < 1.29 is 14.7 Å². The lowest BCUT2D eigenvalue weighted by Gasteiger charge is -2.63. The summed E-state index contributed by atoms with van der Waals surface area (Å²) in [4.78, 5) is 24.3. The number of carbonyl (C=O) groups excluding carboxylic acids is 2. The Morgan fingerprint density at radius 2 is 1.92 bits per heavy atom. The zero-order chi connectivity index (χ0) is 18.0. The summed E-state index contributed by atoms with van der Waals surface area (Å²) in [5, 5.41) is 9.41. The highest BCUT2D eigenvalue weighted by atomic mass is 79.9. The van der Waals surface area contributed by atoms with E-state index in [9.17, 15) is 14.7 Å². The van der Waals surface area contributed by atoms with Crippen molar-refractivity contribution in [1.29, 1.82) is 0 Å². The van der Waals surface area contributed by atoms with Gasteiger partial charge in [-0.2, -0.15) is 0 Å². The molecule has 0 amide bonds. The first kappa shape index (κ1) is 17.9. The molecule has 6 atom stereocenters. The van der Waals surface area contributed by atoms with E-state index in [-0.39, 0.29) is 39.2 Å². The number of aliphatic hydroxyl groups is 1. The van der Waals surface area contributed by atoms with Gasteiger partial charge < -0.3 is 5.11 Å². The minimum absolute atomic E-state index is 0.0252. The Kier molecular flexibility index (Phi) is 4.12. The fraction of sp³-hybridized carbons (Fsp3) is 0.810. The standard InChI is InChI=1S/C21H29BrO3/c1-19-9-10-21(22)16(15(19)5-6-17(19)18(25)12-23)4-3-13-11-14(24)7-8-20(13,21)2/h11,15-17,23H,3-10,12H2,1-2H3/t15-,16-,17-,19-,20-,21+/m0/s1. The zero-order valence-corrected chi connectivity index (χ0v) is 16.9. The van der Waals surface area contributed by atoms with Gasteiger partial charge >= 0.3 is 0 Å². The first-order valence-electron chi connectivity index (χ1n) is 9.82.